The molecule has 0 aromatic carbocycles. The van der Waals surface area contributed by atoms with Gasteiger partial charge in [-0.25, -0.2) is 13.1 Å². The second kappa shape index (κ2) is 5.60. The molecule has 7 heteroatoms. The van der Waals surface area contributed by atoms with Crippen molar-refractivity contribution >= 4 is 16.0 Å². The molecule has 1 unspecified atom stereocenters. The van der Waals surface area contributed by atoms with E-state index in [-0.39, 0.29) is 12.5 Å². The largest absolute Gasteiger partial charge is 0.481 e. The molecule has 0 amide bonds. The molecule has 16 heavy (non-hydrogen) atoms. The van der Waals surface area contributed by atoms with Crippen LogP contribution >= 0.6 is 0 Å². The Morgan fingerprint density at radius 2 is 2.00 bits per heavy atom. The molecule has 0 rings (SSSR count). The molecule has 96 valence electrons. The topological polar surface area (TPSA) is 109 Å². The van der Waals surface area contributed by atoms with E-state index in [0.29, 0.717) is 0 Å². The van der Waals surface area contributed by atoms with Crippen LogP contribution in [0.3, 0.4) is 0 Å². The van der Waals surface area contributed by atoms with Gasteiger partial charge in [0, 0.05) is 12.1 Å². The van der Waals surface area contributed by atoms with E-state index in [1.54, 1.807) is 6.92 Å². The summed E-state index contributed by atoms with van der Waals surface area (Å²) in [5, 5.41) is 8.42. The molecule has 6 nitrogen and oxygen atoms in total. The number of hydrogen-bond donors (Lipinski definition) is 3. The van der Waals surface area contributed by atoms with Crippen LogP contribution in [0.2, 0.25) is 0 Å². The van der Waals surface area contributed by atoms with E-state index in [1.807, 2.05) is 13.8 Å². The van der Waals surface area contributed by atoms with Crippen molar-refractivity contribution in [3.05, 3.63) is 0 Å². The Morgan fingerprint density at radius 1 is 1.50 bits per heavy atom. The van der Waals surface area contributed by atoms with Crippen molar-refractivity contribution in [1.29, 1.82) is 0 Å². The van der Waals surface area contributed by atoms with Gasteiger partial charge < -0.3 is 10.8 Å². The van der Waals surface area contributed by atoms with Gasteiger partial charge in [0.25, 0.3) is 0 Å². The number of nitrogens with two attached hydrogens (primary N) is 1. The van der Waals surface area contributed by atoms with Crippen LogP contribution in [-0.2, 0) is 14.8 Å². The van der Waals surface area contributed by atoms with Crippen molar-refractivity contribution in [2.75, 3.05) is 12.3 Å². The minimum Gasteiger partial charge on any atom is -0.481 e. The first-order chi connectivity index (χ1) is 7.13. The molecule has 0 aliphatic carbocycles. The van der Waals surface area contributed by atoms with Gasteiger partial charge in [-0.1, -0.05) is 13.8 Å². The predicted molar refractivity (Wildman–Crippen MR) is 61.5 cm³/mol. The van der Waals surface area contributed by atoms with Crippen LogP contribution in [0.25, 0.3) is 0 Å². The van der Waals surface area contributed by atoms with Crippen molar-refractivity contribution in [3.63, 3.8) is 0 Å². The minimum atomic E-state index is -3.60. The Morgan fingerprint density at radius 3 is 2.31 bits per heavy atom. The third kappa shape index (κ3) is 4.91. The highest BCUT2D eigenvalue weighted by atomic mass is 32.2. The number of sulfonamides is 1. The Kier molecular flexibility index (Phi) is 5.37. The summed E-state index contributed by atoms with van der Waals surface area (Å²) >= 11 is 0. The number of carboxylic acids is 1. The first-order valence-electron chi connectivity index (χ1n) is 5.06. The number of hydrogen-bond acceptors (Lipinski definition) is 4. The maximum atomic E-state index is 11.6. The van der Waals surface area contributed by atoms with Gasteiger partial charge in [0.05, 0.1) is 12.2 Å². The number of aliphatic carboxylic acids is 1. The van der Waals surface area contributed by atoms with Crippen LogP contribution in [-0.4, -0.2) is 37.3 Å². The molecule has 0 aromatic rings. The number of carbonyl (C=O) groups is 1. The molecular formula is C9H20N2O4S. The number of rotatable bonds is 7. The molecule has 0 aliphatic heterocycles. The first-order valence-corrected chi connectivity index (χ1v) is 6.71. The van der Waals surface area contributed by atoms with Gasteiger partial charge >= 0.3 is 5.97 Å². The normalized spacial score (nSPS) is 16.1. The molecule has 1 atom stereocenters. The quantitative estimate of drug-likeness (QED) is 0.579. The Labute approximate surface area is 96.3 Å². The van der Waals surface area contributed by atoms with E-state index >= 15 is 0 Å². The Hall–Kier alpha value is -0.660. The monoisotopic (exact) mass is 252 g/mol. The van der Waals surface area contributed by atoms with Crippen LogP contribution in [0.1, 0.15) is 27.2 Å². The fourth-order valence-corrected chi connectivity index (χ4v) is 2.60. The van der Waals surface area contributed by atoms with Gasteiger partial charge in [-0.3, -0.25) is 4.79 Å². The van der Waals surface area contributed by atoms with Crippen LogP contribution in [0.5, 0.6) is 0 Å². The minimum absolute atomic E-state index is 0.0251. The standard InChI is InChI=1S/C9H20N2O4S/c1-7(2)9(3,6-10)11-16(14,15)5-4-8(12)13/h7,11H,4-6,10H2,1-3H3,(H,12,13). The lowest BCUT2D eigenvalue weighted by Gasteiger charge is -2.33. The third-order valence-corrected chi connectivity index (χ3v) is 4.19. The summed E-state index contributed by atoms with van der Waals surface area (Å²) in [5.74, 6) is -1.54. The Balaban J connectivity index is 4.62. The summed E-state index contributed by atoms with van der Waals surface area (Å²) in [4.78, 5) is 10.3. The lowest BCUT2D eigenvalue weighted by atomic mass is 9.90. The van der Waals surface area contributed by atoms with E-state index < -0.39 is 33.7 Å². The zero-order valence-electron chi connectivity index (χ0n) is 9.86. The van der Waals surface area contributed by atoms with Crippen molar-refractivity contribution in [2.24, 2.45) is 11.7 Å². The van der Waals surface area contributed by atoms with Gasteiger partial charge in [0.15, 0.2) is 0 Å². The first kappa shape index (κ1) is 15.3. The molecule has 0 saturated carbocycles. The highest BCUT2D eigenvalue weighted by molar-refractivity contribution is 7.89. The smallest absolute Gasteiger partial charge is 0.304 e. The molecule has 0 aliphatic rings. The molecule has 0 radical (unpaired) electrons. The highest BCUT2D eigenvalue weighted by Crippen LogP contribution is 2.16. The summed E-state index contributed by atoms with van der Waals surface area (Å²) in [5.41, 5.74) is 4.79. The molecular weight excluding hydrogens is 232 g/mol. The lowest BCUT2D eigenvalue weighted by Crippen LogP contribution is -2.55. The summed E-state index contributed by atoms with van der Waals surface area (Å²) in [7, 11) is -3.60. The summed E-state index contributed by atoms with van der Waals surface area (Å²) in [6, 6.07) is 0. The summed E-state index contributed by atoms with van der Waals surface area (Å²) in [6.45, 7) is 5.58. The van der Waals surface area contributed by atoms with Gasteiger partial charge in [-0.2, -0.15) is 0 Å². The van der Waals surface area contributed by atoms with Crippen LogP contribution in [0.15, 0.2) is 0 Å². The average Bonchev–Trinajstić information content (AvgIpc) is 2.14. The highest BCUT2D eigenvalue weighted by Gasteiger charge is 2.31. The third-order valence-electron chi connectivity index (χ3n) is 2.67. The van der Waals surface area contributed by atoms with Crippen molar-refractivity contribution in [2.45, 2.75) is 32.7 Å². The fourth-order valence-electron chi connectivity index (χ4n) is 1.02. The second-order valence-electron chi connectivity index (χ2n) is 4.34. The van der Waals surface area contributed by atoms with Crippen molar-refractivity contribution in [3.8, 4) is 0 Å². The molecule has 4 N–H and O–H groups in total. The van der Waals surface area contributed by atoms with E-state index in [4.69, 9.17) is 10.8 Å². The number of carboxylic acid groups (broad SMARTS) is 1. The molecule has 0 saturated heterocycles. The van der Waals surface area contributed by atoms with Gasteiger partial charge in [0.2, 0.25) is 10.0 Å². The molecule has 0 aromatic heterocycles. The lowest BCUT2D eigenvalue weighted by molar-refractivity contribution is -0.136. The maximum Gasteiger partial charge on any atom is 0.304 e. The van der Waals surface area contributed by atoms with Gasteiger partial charge in [-0.05, 0) is 12.8 Å². The molecule has 0 bridgehead atoms. The zero-order valence-corrected chi connectivity index (χ0v) is 10.7. The zero-order chi connectivity index (χ0) is 13.0. The number of nitrogens with one attached hydrogen (secondary N) is 1. The Bertz CT molecular complexity index is 339. The molecule has 0 spiro atoms. The molecule has 0 heterocycles. The maximum absolute atomic E-state index is 11.6. The second-order valence-corrected chi connectivity index (χ2v) is 6.18. The average molecular weight is 252 g/mol. The van der Waals surface area contributed by atoms with Crippen LogP contribution in [0, 0.1) is 5.92 Å². The van der Waals surface area contributed by atoms with Crippen molar-refractivity contribution in [1.82, 2.24) is 4.72 Å². The van der Waals surface area contributed by atoms with Crippen LogP contribution < -0.4 is 10.5 Å². The van der Waals surface area contributed by atoms with E-state index in [2.05, 4.69) is 4.72 Å². The van der Waals surface area contributed by atoms with Crippen molar-refractivity contribution < 1.29 is 18.3 Å². The van der Waals surface area contributed by atoms with E-state index in [9.17, 15) is 13.2 Å². The van der Waals surface area contributed by atoms with E-state index in [1.165, 1.54) is 0 Å². The summed E-state index contributed by atoms with van der Waals surface area (Å²) in [6.07, 6.45) is -0.409. The van der Waals surface area contributed by atoms with E-state index in [0.717, 1.165) is 0 Å². The van der Waals surface area contributed by atoms with Gasteiger partial charge in [0.1, 0.15) is 0 Å². The molecule has 0 fully saturated rings. The SMILES string of the molecule is CC(C)C(C)(CN)NS(=O)(=O)CCC(=O)O. The summed E-state index contributed by atoms with van der Waals surface area (Å²) < 4.78 is 25.6. The van der Waals surface area contributed by atoms with Crippen LogP contribution in [0.4, 0.5) is 0 Å². The fraction of sp³-hybridized carbons (Fsp3) is 0.889. The van der Waals surface area contributed by atoms with Gasteiger partial charge in [-0.15, -0.1) is 0 Å². The predicted octanol–water partition coefficient (Wildman–Crippen LogP) is -0.246.